The number of fused-ring (bicyclic) bond motifs is 1. The summed E-state index contributed by atoms with van der Waals surface area (Å²) >= 11 is 1.69. The van der Waals surface area contributed by atoms with E-state index in [1.807, 2.05) is 37.3 Å². The minimum absolute atomic E-state index is 0.0214. The van der Waals surface area contributed by atoms with Gasteiger partial charge in [-0.3, -0.25) is 4.79 Å². The smallest absolute Gasteiger partial charge is 0.330 e. The standard InChI is InChI=1S/C21H25NO5S/c1-3-28-17-12-16-15(10-7-11-18(23)26-2)20(24)22(16)19(17)21(25)27-13-14-8-5-4-6-9-14/h4-9,11,15-17,19H,3,10,12-13H2,1-2H3/b11-7+/t15?,16?,17-,19-/m0/s1. The lowest BCUT2D eigenvalue weighted by Crippen LogP contribution is -2.62. The fourth-order valence-electron chi connectivity index (χ4n) is 3.89. The zero-order chi connectivity index (χ0) is 20.1. The molecule has 2 aliphatic rings. The van der Waals surface area contributed by atoms with E-state index in [0.717, 1.165) is 17.7 Å². The summed E-state index contributed by atoms with van der Waals surface area (Å²) in [6.45, 7) is 2.25. The number of carbonyl (C=O) groups is 3. The lowest BCUT2D eigenvalue weighted by Gasteiger charge is -2.44. The van der Waals surface area contributed by atoms with Crippen LogP contribution in [0, 0.1) is 5.92 Å². The van der Waals surface area contributed by atoms with Gasteiger partial charge in [0, 0.05) is 17.4 Å². The topological polar surface area (TPSA) is 72.9 Å². The Hall–Kier alpha value is -2.28. The molecule has 2 unspecified atom stereocenters. The molecule has 2 heterocycles. The Kier molecular flexibility index (Phi) is 6.78. The van der Waals surface area contributed by atoms with E-state index in [-0.39, 0.29) is 35.7 Å². The van der Waals surface area contributed by atoms with Crippen molar-refractivity contribution in [3.8, 4) is 0 Å². The number of ether oxygens (including phenoxy) is 2. The molecule has 7 heteroatoms. The molecule has 0 spiro atoms. The van der Waals surface area contributed by atoms with E-state index in [4.69, 9.17) is 4.74 Å². The molecular formula is C21H25NO5S. The number of nitrogens with zero attached hydrogens (tertiary/aromatic N) is 1. The van der Waals surface area contributed by atoms with Crippen LogP contribution in [0.5, 0.6) is 0 Å². The van der Waals surface area contributed by atoms with Gasteiger partial charge in [0.15, 0.2) is 0 Å². The van der Waals surface area contributed by atoms with Crippen LogP contribution in [0.15, 0.2) is 42.5 Å². The number of hydrogen-bond acceptors (Lipinski definition) is 6. The highest BCUT2D eigenvalue weighted by atomic mass is 32.2. The molecule has 2 saturated heterocycles. The first-order valence-electron chi connectivity index (χ1n) is 9.45. The first kappa shape index (κ1) is 20.5. The molecule has 1 amide bonds. The average molecular weight is 404 g/mol. The summed E-state index contributed by atoms with van der Waals surface area (Å²) in [5.74, 6) is -0.131. The maximum absolute atomic E-state index is 12.8. The Labute approximate surface area is 169 Å². The van der Waals surface area contributed by atoms with E-state index < -0.39 is 12.0 Å². The van der Waals surface area contributed by atoms with Gasteiger partial charge in [0.25, 0.3) is 0 Å². The number of carbonyl (C=O) groups excluding carboxylic acids is 3. The van der Waals surface area contributed by atoms with Crippen molar-refractivity contribution < 1.29 is 23.9 Å². The van der Waals surface area contributed by atoms with Crippen LogP contribution in [0.2, 0.25) is 0 Å². The summed E-state index contributed by atoms with van der Waals surface area (Å²) < 4.78 is 10.1. The van der Waals surface area contributed by atoms with Crippen molar-refractivity contribution in [1.29, 1.82) is 0 Å². The van der Waals surface area contributed by atoms with Crippen LogP contribution in [0.1, 0.15) is 25.3 Å². The number of methoxy groups -OCH3 is 1. The van der Waals surface area contributed by atoms with E-state index in [1.165, 1.54) is 13.2 Å². The molecule has 4 atom stereocenters. The number of amides is 1. The molecule has 2 fully saturated rings. The molecule has 150 valence electrons. The van der Waals surface area contributed by atoms with E-state index in [0.29, 0.717) is 6.42 Å². The molecule has 0 saturated carbocycles. The van der Waals surface area contributed by atoms with Gasteiger partial charge in [-0.2, -0.15) is 11.8 Å². The second kappa shape index (κ2) is 9.28. The van der Waals surface area contributed by atoms with Crippen molar-refractivity contribution in [2.75, 3.05) is 12.9 Å². The van der Waals surface area contributed by atoms with Gasteiger partial charge in [-0.15, -0.1) is 0 Å². The summed E-state index contributed by atoms with van der Waals surface area (Å²) in [5.41, 5.74) is 0.922. The quantitative estimate of drug-likeness (QED) is 0.377. The Bertz CT molecular complexity index is 750. The number of rotatable bonds is 8. The fourth-order valence-corrected chi connectivity index (χ4v) is 5.07. The summed E-state index contributed by atoms with van der Waals surface area (Å²) in [5, 5.41) is 0.0387. The van der Waals surface area contributed by atoms with Gasteiger partial charge in [0.2, 0.25) is 5.91 Å². The van der Waals surface area contributed by atoms with Crippen LogP contribution in [0.3, 0.4) is 0 Å². The zero-order valence-corrected chi connectivity index (χ0v) is 16.9. The predicted octanol–water partition coefficient (Wildman–Crippen LogP) is 2.57. The Morgan fingerprint density at radius 3 is 2.71 bits per heavy atom. The lowest BCUT2D eigenvalue weighted by atomic mass is 9.85. The van der Waals surface area contributed by atoms with Gasteiger partial charge >= 0.3 is 11.9 Å². The van der Waals surface area contributed by atoms with E-state index in [1.54, 1.807) is 22.7 Å². The summed E-state index contributed by atoms with van der Waals surface area (Å²) in [6, 6.07) is 9.00. The van der Waals surface area contributed by atoms with Crippen LogP contribution in [0.25, 0.3) is 0 Å². The first-order valence-corrected chi connectivity index (χ1v) is 10.5. The van der Waals surface area contributed by atoms with Gasteiger partial charge in [0.05, 0.1) is 13.0 Å². The highest BCUT2D eigenvalue weighted by Crippen LogP contribution is 2.45. The summed E-state index contributed by atoms with van der Waals surface area (Å²) in [7, 11) is 1.32. The van der Waals surface area contributed by atoms with Crippen molar-refractivity contribution in [3.05, 3.63) is 48.0 Å². The normalized spacial score (nSPS) is 26.1. The zero-order valence-electron chi connectivity index (χ0n) is 16.1. The third kappa shape index (κ3) is 4.24. The first-order chi connectivity index (χ1) is 13.6. The molecule has 0 radical (unpaired) electrons. The summed E-state index contributed by atoms with van der Waals surface area (Å²) in [4.78, 5) is 38.4. The number of thioether (sulfide) groups is 1. The Morgan fingerprint density at radius 1 is 1.29 bits per heavy atom. The molecule has 0 N–H and O–H groups in total. The fraction of sp³-hybridized carbons (Fsp3) is 0.476. The lowest BCUT2D eigenvalue weighted by molar-refractivity contribution is -0.166. The maximum Gasteiger partial charge on any atom is 0.330 e. The monoisotopic (exact) mass is 403 g/mol. The number of esters is 2. The van der Waals surface area contributed by atoms with Gasteiger partial charge in [0.1, 0.15) is 12.6 Å². The maximum atomic E-state index is 12.8. The Balaban J connectivity index is 1.64. The molecule has 0 aliphatic carbocycles. The largest absolute Gasteiger partial charge is 0.466 e. The molecule has 6 nitrogen and oxygen atoms in total. The molecule has 0 bridgehead atoms. The highest BCUT2D eigenvalue weighted by molar-refractivity contribution is 7.99. The van der Waals surface area contributed by atoms with Gasteiger partial charge in [-0.25, -0.2) is 9.59 Å². The second-order valence-corrected chi connectivity index (χ2v) is 8.36. The Morgan fingerprint density at radius 2 is 2.04 bits per heavy atom. The molecule has 28 heavy (non-hydrogen) atoms. The van der Waals surface area contributed by atoms with Crippen molar-refractivity contribution in [3.63, 3.8) is 0 Å². The van der Waals surface area contributed by atoms with Gasteiger partial charge < -0.3 is 14.4 Å². The minimum atomic E-state index is -0.535. The van der Waals surface area contributed by atoms with E-state index in [2.05, 4.69) is 4.74 Å². The third-order valence-corrected chi connectivity index (χ3v) is 6.42. The van der Waals surface area contributed by atoms with Crippen molar-refractivity contribution >= 4 is 29.6 Å². The van der Waals surface area contributed by atoms with Crippen LogP contribution >= 0.6 is 11.8 Å². The van der Waals surface area contributed by atoms with Crippen molar-refractivity contribution in [2.24, 2.45) is 5.92 Å². The average Bonchev–Trinajstić information content (AvgIpc) is 3.05. The van der Waals surface area contributed by atoms with Crippen LogP contribution in [-0.2, 0) is 30.5 Å². The number of β-lactam (4-membered cyclic amide) rings is 1. The van der Waals surface area contributed by atoms with Crippen LogP contribution in [0.4, 0.5) is 0 Å². The highest BCUT2D eigenvalue weighted by Gasteiger charge is 2.59. The van der Waals surface area contributed by atoms with Crippen molar-refractivity contribution in [1.82, 2.24) is 4.90 Å². The predicted molar refractivity (Wildman–Crippen MR) is 106 cm³/mol. The number of benzene rings is 1. The summed E-state index contributed by atoms with van der Waals surface area (Å²) in [6.07, 6.45) is 4.26. The molecular weight excluding hydrogens is 378 g/mol. The molecule has 1 aromatic carbocycles. The second-order valence-electron chi connectivity index (χ2n) is 6.85. The molecule has 3 rings (SSSR count). The minimum Gasteiger partial charge on any atom is -0.466 e. The molecule has 2 aliphatic heterocycles. The van der Waals surface area contributed by atoms with Crippen molar-refractivity contribution in [2.45, 2.75) is 43.7 Å². The van der Waals surface area contributed by atoms with E-state index in [9.17, 15) is 14.4 Å². The number of allylic oxidation sites excluding steroid dienone is 1. The van der Waals surface area contributed by atoms with Crippen LogP contribution < -0.4 is 0 Å². The van der Waals surface area contributed by atoms with E-state index >= 15 is 0 Å². The van der Waals surface area contributed by atoms with Gasteiger partial charge in [-0.05, 0) is 24.2 Å². The van der Waals surface area contributed by atoms with Crippen LogP contribution in [-0.4, -0.2) is 52.9 Å². The molecule has 0 aromatic heterocycles. The van der Waals surface area contributed by atoms with Gasteiger partial charge in [-0.1, -0.05) is 43.3 Å². The molecule has 1 aromatic rings. The SMILES string of the molecule is CCS[C@H]1CC2C(C/C=C/C(=O)OC)C(=O)N2[C@@H]1C(=O)OCc1ccccc1. The number of hydrogen-bond donors (Lipinski definition) is 0. The third-order valence-electron chi connectivity index (χ3n) is 5.21.